The molecule has 2 unspecified atom stereocenters. The monoisotopic (exact) mass is 212 g/mol. The molecule has 0 spiro atoms. The Kier molecular flexibility index (Phi) is 4.05. The third-order valence-electron chi connectivity index (χ3n) is 1.85. The van der Waals surface area contributed by atoms with Gasteiger partial charge in [0.1, 0.15) is 0 Å². The summed E-state index contributed by atoms with van der Waals surface area (Å²) >= 11 is 17.8. The fraction of sp³-hybridized carbons (Fsp3) is 0.750. The van der Waals surface area contributed by atoms with Gasteiger partial charge in [-0.15, -0.1) is 23.2 Å². The van der Waals surface area contributed by atoms with Crippen LogP contribution in [0, 0.1) is 0 Å². The van der Waals surface area contributed by atoms with E-state index >= 15 is 0 Å². The number of rotatable bonds is 0. The normalized spacial score (nSPS) is 38.6. The summed E-state index contributed by atoms with van der Waals surface area (Å²) in [5.74, 6) is 0. The topological polar surface area (TPSA) is 0 Å². The van der Waals surface area contributed by atoms with Gasteiger partial charge in [-0.25, -0.2) is 0 Å². The Morgan fingerprint density at radius 1 is 1.27 bits per heavy atom. The van der Waals surface area contributed by atoms with Crippen molar-refractivity contribution in [1.82, 2.24) is 0 Å². The smallest absolute Gasteiger partial charge is 0.0852 e. The Bertz CT molecular complexity index is 153. The number of halogens is 3. The van der Waals surface area contributed by atoms with Crippen molar-refractivity contribution >= 4 is 34.8 Å². The van der Waals surface area contributed by atoms with Crippen molar-refractivity contribution in [3.8, 4) is 0 Å². The summed E-state index contributed by atoms with van der Waals surface area (Å²) in [6, 6.07) is 0. The maximum atomic E-state index is 5.98. The molecule has 2 atom stereocenters. The largest absolute Gasteiger partial charge is 0.121 e. The highest BCUT2D eigenvalue weighted by atomic mass is 35.5. The van der Waals surface area contributed by atoms with E-state index in [-0.39, 0.29) is 10.8 Å². The summed E-state index contributed by atoms with van der Waals surface area (Å²) < 4.78 is 0. The van der Waals surface area contributed by atoms with E-state index in [1.54, 1.807) is 0 Å². The lowest BCUT2D eigenvalue weighted by atomic mass is 10.1. The Morgan fingerprint density at radius 2 is 2.00 bits per heavy atom. The molecule has 3 heteroatoms. The van der Waals surface area contributed by atoms with Crippen LogP contribution in [0.1, 0.15) is 25.7 Å². The van der Waals surface area contributed by atoms with E-state index < -0.39 is 0 Å². The fourth-order valence-corrected chi connectivity index (χ4v) is 1.99. The van der Waals surface area contributed by atoms with E-state index in [9.17, 15) is 0 Å². The molecule has 0 amide bonds. The van der Waals surface area contributed by atoms with Crippen LogP contribution in [-0.2, 0) is 0 Å². The van der Waals surface area contributed by atoms with Gasteiger partial charge in [-0.05, 0) is 19.3 Å². The van der Waals surface area contributed by atoms with E-state index in [1.165, 1.54) is 6.42 Å². The fourth-order valence-electron chi connectivity index (χ4n) is 1.16. The van der Waals surface area contributed by atoms with Crippen molar-refractivity contribution in [1.29, 1.82) is 0 Å². The van der Waals surface area contributed by atoms with Crippen LogP contribution in [0.5, 0.6) is 0 Å². The lowest BCUT2D eigenvalue weighted by Gasteiger charge is -2.17. The van der Waals surface area contributed by atoms with Crippen LogP contribution in [0.25, 0.3) is 0 Å². The molecule has 0 aromatic carbocycles. The molecule has 0 bridgehead atoms. The summed E-state index contributed by atoms with van der Waals surface area (Å²) in [7, 11) is 0. The molecule has 1 aliphatic carbocycles. The van der Waals surface area contributed by atoms with Gasteiger partial charge in [-0.2, -0.15) is 0 Å². The molecule has 0 aromatic rings. The van der Waals surface area contributed by atoms with Crippen LogP contribution >= 0.6 is 34.8 Å². The second-order valence-corrected chi connectivity index (χ2v) is 4.26. The molecule has 0 heterocycles. The predicted molar refractivity (Wildman–Crippen MR) is 51.7 cm³/mol. The molecule has 0 saturated carbocycles. The van der Waals surface area contributed by atoms with Crippen molar-refractivity contribution in [2.75, 3.05) is 0 Å². The Morgan fingerprint density at radius 3 is 2.73 bits per heavy atom. The highest BCUT2D eigenvalue weighted by Gasteiger charge is 2.20. The molecule has 0 N–H and O–H groups in total. The minimum atomic E-state index is -0.182. The highest BCUT2D eigenvalue weighted by Crippen LogP contribution is 2.28. The molecular weight excluding hydrogens is 202 g/mol. The first-order chi connectivity index (χ1) is 5.22. The first kappa shape index (κ1) is 9.70. The van der Waals surface area contributed by atoms with E-state index in [1.807, 2.05) is 6.08 Å². The standard InChI is InChI=1S/C8H11Cl3/c9-6-4-2-1-3-5-7(10)8(6)11/h4,7-8H,1-3,5H2/b6-4+. The summed E-state index contributed by atoms with van der Waals surface area (Å²) in [5, 5.41) is 0.533. The molecule has 64 valence electrons. The minimum Gasteiger partial charge on any atom is -0.121 e. The maximum absolute atomic E-state index is 5.98. The first-order valence-corrected chi connectivity index (χ1v) is 5.10. The zero-order valence-corrected chi connectivity index (χ0v) is 8.46. The van der Waals surface area contributed by atoms with Gasteiger partial charge in [-0.1, -0.05) is 24.1 Å². The zero-order chi connectivity index (χ0) is 8.27. The summed E-state index contributed by atoms with van der Waals surface area (Å²) in [6.07, 6.45) is 6.31. The van der Waals surface area contributed by atoms with Gasteiger partial charge in [0.15, 0.2) is 0 Å². The lowest BCUT2D eigenvalue weighted by molar-refractivity contribution is 0.643. The summed E-state index contributed by atoms with van der Waals surface area (Å²) in [4.78, 5) is 0. The first-order valence-electron chi connectivity index (χ1n) is 3.85. The Labute approximate surface area is 82.5 Å². The van der Waals surface area contributed by atoms with Gasteiger partial charge in [-0.3, -0.25) is 0 Å². The Hall–Kier alpha value is 0.610. The van der Waals surface area contributed by atoms with Crippen LogP contribution in [0.15, 0.2) is 11.1 Å². The van der Waals surface area contributed by atoms with E-state index in [2.05, 4.69) is 0 Å². The van der Waals surface area contributed by atoms with Crippen molar-refractivity contribution in [2.24, 2.45) is 0 Å². The average Bonchev–Trinajstić information content (AvgIpc) is 2.00. The van der Waals surface area contributed by atoms with Gasteiger partial charge in [0.2, 0.25) is 0 Å². The van der Waals surface area contributed by atoms with Crippen molar-refractivity contribution in [2.45, 2.75) is 36.4 Å². The molecule has 0 fully saturated rings. The van der Waals surface area contributed by atoms with Crippen molar-refractivity contribution in [3.63, 3.8) is 0 Å². The highest BCUT2D eigenvalue weighted by molar-refractivity contribution is 6.40. The SMILES string of the molecule is Cl/C1=C/CCCCC(Cl)C1Cl. The van der Waals surface area contributed by atoms with Gasteiger partial charge in [0.05, 0.1) is 10.8 Å². The maximum Gasteiger partial charge on any atom is 0.0852 e. The van der Waals surface area contributed by atoms with Gasteiger partial charge in [0, 0.05) is 5.03 Å². The number of alkyl halides is 2. The molecule has 0 saturated heterocycles. The Balaban J connectivity index is 2.61. The third kappa shape index (κ3) is 2.85. The van der Waals surface area contributed by atoms with Crippen LogP contribution in [0.2, 0.25) is 0 Å². The lowest BCUT2D eigenvalue weighted by Crippen LogP contribution is -2.16. The molecule has 0 aromatic heterocycles. The zero-order valence-electron chi connectivity index (χ0n) is 6.19. The van der Waals surface area contributed by atoms with E-state index in [0.717, 1.165) is 19.3 Å². The minimum absolute atomic E-state index is 0.000664. The molecule has 1 rings (SSSR count). The van der Waals surface area contributed by atoms with Crippen LogP contribution in [0.3, 0.4) is 0 Å². The molecule has 1 aliphatic rings. The molecule has 0 aliphatic heterocycles. The van der Waals surface area contributed by atoms with E-state index in [0.29, 0.717) is 5.03 Å². The number of hydrogen-bond donors (Lipinski definition) is 0. The van der Waals surface area contributed by atoms with Gasteiger partial charge < -0.3 is 0 Å². The van der Waals surface area contributed by atoms with Crippen LogP contribution in [0.4, 0.5) is 0 Å². The van der Waals surface area contributed by atoms with Crippen LogP contribution in [-0.4, -0.2) is 10.8 Å². The predicted octanol–water partition coefficient (Wildman–Crippen LogP) is 3.90. The van der Waals surface area contributed by atoms with Crippen LogP contribution < -0.4 is 0 Å². The molecular formula is C8H11Cl3. The average molecular weight is 214 g/mol. The van der Waals surface area contributed by atoms with E-state index in [4.69, 9.17) is 34.8 Å². The number of allylic oxidation sites excluding steroid dienone is 2. The summed E-state index contributed by atoms with van der Waals surface area (Å²) in [5.41, 5.74) is 0. The number of hydrogen-bond acceptors (Lipinski definition) is 0. The second-order valence-electron chi connectivity index (χ2n) is 2.79. The second kappa shape index (κ2) is 4.59. The van der Waals surface area contributed by atoms with Gasteiger partial charge in [0.25, 0.3) is 0 Å². The third-order valence-corrected chi connectivity index (χ3v) is 3.49. The summed E-state index contributed by atoms with van der Waals surface area (Å²) in [6.45, 7) is 0. The van der Waals surface area contributed by atoms with Gasteiger partial charge >= 0.3 is 0 Å². The molecule has 0 radical (unpaired) electrons. The molecule has 0 nitrogen and oxygen atoms in total. The van der Waals surface area contributed by atoms with Crippen molar-refractivity contribution in [3.05, 3.63) is 11.1 Å². The molecule has 11 heavy (non-hydrogen) atoms. The van der Waals surface area contributed by atoms with Crippen molar-refractivity contribution < 1.29 is 0 Å². The quantitative estimate of drug-likeness (QED) is 0.536.